The van der Waals surface area contributed by atoms with Gasteiger partial charge in [-0.1, -0.05) is 12.1 Å². The van der Waals surface area contributed by atoms with Gasteiger partial charge in [0, 0.05) is 0 Å². The largest absolute Gasteiger partial charge is 0.404 e. The molecule has 2 N–H and O–H groups in total. The summed E-state index contributed by atoms with van der Waals surface area (Å²) in [4.78, 5) is 38.3. The van der Waals surface area contributed by atoms with Crippen LogP contribution in [0.4, 0.5) is 13.2 Å². The number of ether oxygens (including phenoxy) is 1. The van der Waals surface area contributed by atoms with Gasteiger partial charge in [0.2, 0.25) is 5.88 Å². The van der Waals surface area contributed by atoms with E-state index in [4.69, 9.17) is 0 Å². The summed E-state index contributed by atoms with van der Waals surface area (Å²) in [5, 5.41) is 0. The van der Waals surface area contributed by atoms with Crippen molar-refractivity contribution in [3.05, 3.63) is 62.0 Å². The molecule has 2 heterocycles. The van der Waals surface area contributed by atoms with Gasteiger partial charge in [-0.15, -0.1) is 0 Å². The predicted octanol–water partition coefficient (Wildman–Crippen LogP) is 0.888. The highest BCUT2D eigenvalue weighted by atomic mass is 19.3. The van der Waals surface area contributed by atoms with Crippen LogP contribution in [0.3, 0.4) is 0 Å². The van der Waals surface area contributed by atoms with Gasteiger partial charge in [-0.3, -0.25) is 14.8 Å². The fraction of sp³-hybridized carbons (Fsp3) is 0.154. The first-order valence-electron chi connectivity index (χ1n) is 6.02. The number of halogens is 3. The number of carbonyl (C=O) groups excluding carboxylic acids is 1. The van der Waals surface area contributed by atoms with Crippen molar-refractivity contribution in [3.8, 4) is 5.88 Å². The molecule has 9 heteroatoms. The van der Waals surface area contributed by atoms with Crippen LogP contribution in [0.25, 0.3) is 0 Å². The smallest absolute Gasteiger partial charge is 0.384 e. The van der Waals surface area contributed by atoms with Gasteiger partial charge < -0.3 is 4.74 Å². The molecule has 114 valence electrons. The lowest BCUT2D eigenvalue weighted by molar-refractivity contribution is -0.167. The second-order valence-corrected chi connectivity index (χ2v) is 4.65. The van der Waals surface area contributed by atoms with Gasteiger partial charge in [-0.05, 0) is 17.7 Å². The van der Waals surface area contributed by atoms with Crippen molar-refractivity contribution in [3.63, 3.8) is 0 Å². The highest BCUT2D eigenvalue weighted by molar-refractivity contribution is 5.84. The molecule has 1 aromatic carbocycles. The van der Waals surface area contributed by atoms with E-state index in [2.05, 4.69) is 4.74 Å². The first-order valence-corrected chi connectivity index (χ1v) is 6.02. The summed E-state index contributed by atoms with van der Waals surface area (Å²) in [6.07, 6.45) is 0. The van der Waals surface area contributed by atoms with E-state index in [0.717, 1.165) is 24.3 Å². The molecular formula is C13H7F3N2O4. The first-order chi connectivity index (χ1) is 10.3. The molecule has 1 aliphatic heterocycles. The van der Waals surface area contributed by atoms with E-state index < -0.39 is 46.3 Å². The molecule has 2 aromatic rings. The zero-order valence-electron chi connectivity index (χ0n) is 10.7. The first kappa shape index (κ1) is 14.1. The number of aromatic amines is 2. The summed E-state index contributed by atoms with van der Waals surface area (Å²) in [6, 6.07) is 3.90. The third-order valence-corrected chi connectivity index (χ3v) is 3.26. The lowest BCUT2D eigenvalue weighted by Crippen LogP contribution is -2.47. The zero-order valence-corrected chi connectivity index (χ0v) is 10.7. The van der Waals surface area contributed by atoms with Crippen molar-refractivity contribution < 1.29 is 22.7 Å². The van der Waals surface area contributed by atoms with Crippen molar-refractivity contribution >= 4 is 5.97 Å². The number of esters is 1. The van der Waals surface area contributed by atoms with E-state index in [1.165, 1.54) is 0 Å². The normalized spacial score (nSPS) is 19.4. The predicted molar refractivity (Wildman–Crippen MR) is 66.5 cm³/mol. The molecule has 0 aliphatic carbocycles. The molecule has 1 atom stereocenters. The molecule has 0 bridgehead atoms. The third kappa shape index (κ3) is 2.01. The minimum Gasteiger partial charge on any atom is -0.404 e. The Kier molecular flexibility index (Phi) is 2.94. The lowest BCUT2D eigenvalue weighted by Gasteiger charge is -2.30. The number of nitrogens with one attached hydrogen (secondary N) is 2. The highest BCUT2D eigenvalue weighted by Crippen LogP contribution is 2.44. The molecule has 1 aromatic heterocycles. The van der Waals surface area contributed by atoms with Crippen LogP contribution < -0.4 is 16.0 Å². The Morgan fingerprint density at radius 1 is 1.05 bits per heavy atom. The molecule has 3 rings (SSSR count). The second kappa shape index (κ2) is 4.58. The standard InChI is InChI=1S/C13H7F3N2O4/c14-6-3-1-5(2-4-6)8-7-9(19)17-12(21)18-10(7)22-11(20)13(8,15)16/h1-4,8H,(H2,17,18,19,21). The van der Waals surface area contributed by atoms with Crippen LogP contribution in [-0.4, -0.2) is 21.9 Å². The average molecular weight is 312 g/mol. The van der Waals surface area contributed by atoms with Gasteiger partial charge >= 0.3 is 17.6 Å². The van der Waals surface area contributed by atoms with E-state index in [-0.39, 0.29) is 5.56 Å². The molecule has 0 saturated carbocycles. The molecule has 0 amide bonds. The molecule has 1 unspecified atom stereocenters. The summed E-state index contributed by atoms with van der Waals surface area (Å²) in [5.41, 5.74) is -2.88. The third-order valence-electron chi connectivity index (χ3n) is 3.26. The molecular weight excluding hydrogens is 305 g/mol. The van der Waals surface area contributed by atoms with E-state index in [1.807, 2.05) is 4.98 Å². The van der Waals surface area contributed by atoms with Gasteiger partial charge in [-0.25, -0.2) is 14.0 Å². The Hall–Kier alpha value is -2.84. The summed E-state index contributed by atoms with van der Waals surface area (Å²) in [7, 11) is 0. The van der Waals surface area contributed by atoms with Gasteiger partial charge in [-0.2, -0.15) is 8.78 Å². The Morgan fingerprint density at radius 3 is 2.32 bits per heavy atom. The quantitative estimate of drug-likeness (QED) is 0.765. The van der Waals surface area contributed by atoms with E-state index >= 15 is 0 Å². The second-order valence-electron chi connectivity index (χ2n) is 4.65. The van der Waals surface area contributed by atoms with E-state index in [1.54, 1.807) is 4.98 Å². The number of aromatic nitrogens is 2. The van der Waals surface area contributed by atoms with Crippen molar-refractivity contribution in [1.29, 1.82) is 0 Å². The fourth-order valence-corrected chi connectivity index (χ4v) is 2.31. The zero-order chi connectivity index (χ0) is 16.1. The number of carbonyl (C=O) groups is 1. The number of benzene rings is 1. The highest BCUT2D eigenvalue weighted by Gasteiger charge is 2.56. The Bertz CT molecular complexity index is 870. The van der Waals surface area contributed by atoms with Gasteiger partial charge in [0.15, 0.2) is 0 Å². The molecule has 22 heavy (non-hydrogen) atoms. The maximum atomic E-state index is 14.2. The van der Waals surface area contributed by atoms with Gasteiger partial charge in [0.25, 0.3) is 5.56 Å². The molecule has 0 fully saturated rings. The van der Waals surface area contributed by atoms with Crippen molar-refractivity contribution in [2.75, 3.05) is 0 Å². The number of hydrogen-bond donors (Lipinski definition) is 2. The van der Waals surface area contributed by atoms with E-state index in [0.29, 0.717) is 0 Å². The van der Waals surface area contributed by atoms with Crippen LogP contribution in [0.15, 0.2) is 33.9 Å². The fourth-order valence-electron chi connectivity index (χ4n) is 2.31. The van der Waals surface area contributed by atoms with Crippen LogP contribution in [0.5, 0.6) is 5.88 Å². The monoisotopic (exact) mass is 312 g/mol. The molecule has 1 aliphatic rings. The number of alkyl halides is 2. The number of rotatable bonds is 1. The Labute approximate surface area is 119 Å². The van der Waals surface area contributed by atoms with Crippen LogP contribution in [0.2, 0.25) is 0 Å². The van der Waals surface area contributed by atoms with E-state index in [9.17, 15) is 27.6 Å². The van der Waals surface area contributed by atoms with Crippen LogP contribution in [0.1, 0.15) is 17.0 Å². The average Bonchev–Trinajstić information content (AvgIpc) is 2.42. The summed E-state index contributed by atoms with van der Waals surface area (Å²) < 4.78 is 45.7. The summed E-state index contributed by atoms with van der Waals surface area (Å²) >= 11 is 0. The van der Waals surface area contributed by atoms with Crippen molar-refractivity contribution in [2.45, 2.75) is 11.8 Å². The lowest BCUT2D eigenvalue weighted by atomic mass is 9.85. The van der Waals surface area contributed by atoms with Crippen LogP contribution in [-0.2, 0) is 4.79 Å². The van der Waals surface area contributed by atoms with Crippen molar-refractivity contribution in [1.82, 2.24) is 9.97 Å². The van der Waals surface area contributed by atoms with Crippen LogP contribution in [0, 0.1) is 5.82 Å². The topological polar surface area (TPSA) is 92.0 Å². The van der Waals surface area contributed by atoms with Gasteiger partial charge in [0.05, 0.1) is 11.5 Å². The van der Waals surface area contributed by atoms with Crippen molar-refractivity contribution in [2.24, 2.45) is 0 Å². The molecule has 0 saturated heterocycles. The summed E-state index contributed by atoms with van der Waals surface area (Å²) in [5.74, 6) is -9.25. The Morgan fingerprint density at radius 2 is 1.68 bits per heavy atom. The van der Waals surface area contributed by atoms with Crippen LogP contribution >= 0.6 is 0 Å². The molecule has 6 nitrogen and oxygen atoms in total. The SMILES string of the molecule is O=C1Oc2[nH]c(=O)[nH]c(=O)c2C(c2ccc(F)cc2)C1(F)F. The van der Waals surface area contributed by atoms with Gasteiger partial charge in [0.1, 0.15) is 5.82 Å². The maximum Gasteiger partial charge on any atom is 0.384 e. The summed E-state index contributed by atoms with van der Waals surface area (Å²) in [6.45, 7) is 0. The maximum absolute atomic E-state index is 14.2. The number of H-pyrrole nitrogens is 2. The Balaban J connectivity index is 2.31. The minimum atomic E-state index is -4.05. The molecule has 0 spiro atoms. The number of hydrogen-bond acceptors (Lipinski definition) is 4. The number of fused-ring (bicyclic) bond motifs is 1. The minimum absolute atomic E-state index is 0.165. The molecule has 0 radical (unpaired) electrons.